The van der Waals surface area contributed by atoms with Crippen LogP contribution in [0.4, 0.5) is 0 Å². The zero-order chi connectivity index (χ0) is 9.84. The van der Waals surface area contributed by atoms with Gasteiger partial charge in [-0.2, -0.15) is 0 Å². The fourth-order valence-electron chi connectivity index (χ4n) is 1.12. The van der Waals surface area contributed by atoms with Gasteiger partial charge in [0.1, 0.15) is 0 Å². The monoisotopic (exact) mass is 179 g/mol. The first-order chi connectivity index (χ1) is 6.29. The molecule has 68 valence electrons. The summed E-state index contributed by atoms with van der Waals surface area (Å²) in [4.78, 5) is 21.9. The number of hydrogen-bond acceptors (Lipinski definition) is 4. The molecule has 1 aromatic rings. The third-order valence-electron chi connectivity index (χ3n) is 1.64. The lowest BCUT2D eigenvalue weighted by Gasteiger charge is -1.88. The maximum Gasteiger partial charge on any atom is 0.258 e. The van der Waals surface area contributed by atoms with Crippen LogP contribution < -0.4 is 17.0 Å². The van der Waals surface area contributed by atoms with E-state index in [1.165, 1.54) is 0 Å². The maximum absolute atomic E-state index is 10.9. The molecular weight excluding hydrogens is 170 g/mol. The second kappa shape index (κ2) is 3.79. The standard InChI is InChI=1S/C8H5NO2.H4N2/c10-7-5-3-1-2-4-6(5)8(11)9-7;1-2/h1-4H,(H,9,10,11);1-2H2. The van der Waals surface area contributed by atoms with E-state index in [1.807, 2.05) is 0 Å². The van der Waals surface area contributed by atoms with E-state index in [2.05, 4.69) is 17.0 Å². The fourth-order valence-corrected chi connectivity index (χ4v) is 1.12. The largest absolute Gasteiger partial charge is 0.288 e. The van der Waals surface area contributed by atoms with Gasteiger partial charge in [0, 0.05) is 0 Å². The Morgan fingerprint density at radius 2 is 1.31 bits per heavy atom. The number of nitrogens with one attached hydrogen (secondary N) is 1. The van der Waals surface area contributed by atoms with E-state index in [0.717, 1.165) is 0 Å². The van der Waals surface area contributed by atoms with Gasteiger partial charge in [0.15, 0.2) is 0 Å². The molecule has 1 heterocycles. The third-order valence-corrected chi connectivity index (χ3v) is 1.64. The Labute approximate surface area is 74.7 Å². The van der Waals surface area contributed by atoms with Crippen LogP contribution >= 0.6 is 0 Å². The molecule has 0 unspecified atom stereocenters. The molecule has 0 spiro atoms. The predicted octanol–water partition coefficient (Wildman–Crippen LogP) is -0.611. The number of amides is 2. The van der Waals surface area contributed by atoms with Crippen molar-refractivity contribution < 1.29 is 9.59 Å². The highest BCUT2D eigenvalue weighted by atomic mass is 16.2. The third kappa shape index (κ3) is 1.56. The van der Waals surface area contributed by atoms with Crippen molar-refractivity contribution in [2.75, 3.05) is 0 Å². The molecule has 0 saturated heterocycles. The van der Waals surface area contributed by atoms with Crippen LogP contribution in [0.3, 0.4) is 0 Å². The van der Waals surface area contributed by atoms with Gasteiger partial charge in [-0.15, -0.1) is 0 Å². The molecule has 13 heavy (non-hydrogen) atoms. The Kier molecular flexibility index (Phi) is 2.73. The van der Waals surface area contributed by atoms with E-state index in [9.17, 15) is 9.59 Å². The molecule has 5 nitrogen and oxygen atoms in total. The summed E-state index contributed by atoms with van der Waals surface area (Å²) in [5.74, 6) is 7.40. The van der Waals surface area contributed by atoms with Crippen molar-refractivity contribution in [3.63, 3.8) is 0 Å². The quantitative estimate of drug-likeness (QED) is 0.281. The smallest absolute Gasteiger partial charge is 0.258 e. The van der Waals surface area contributed by atoms with Crippen LogP contribution in [0, 0.1) is 0 Å². The molecular formula is C8H9N3O2. The number of nitrogens with two attached hydrogens (primary N) is 2. The lowest BCUT2D eigenvalue weighted by atomic mass is 10.1. The van der Waals surface area contributed by atoms with Crippen LogP contribution in [0.2, 0.25) is 0 Å². The molecule has 1 aliphatic rings. The summed E-state index contributed by atoms with van der Waals surface area (Å²) >= 11 is 0. The van der Waals surface area contributed by atoms with Crippen molar-refractivity contribution in [3.8, 4) is 0 Å². The molecule has 0 atom stereocenters. The molecule has 0 saturated carbocycles. The van der Waals surface area contributed by atoms with Crippen molar-refractivity contribution in [2.24, 2.45) is 11.7 Å². The lowest BCUT2D eigenvalue weighted by Crippen LogP contribution is -2.19. The van der Waals surface area contributed by atoms with Crippen LogP contribution in [0.25, 0.3) is 0 Å². The molecule has 0 aliphatic carbocycles. The second-order valence-corrected chi connectivity index (χ2v) is 2.33. The Morgan fingerprint density at radius 3 is 1.69 bits per heavy atom. The highest BCUT2D eigenvalue weighted by Gasteiger charge is 2.25. The highest BCUT2D eigenvalue weighted by molar-refractivity contribution is 6.21. The van der Waals surface area contributed by atoms with Gasteiger partial charge >= 0.3 is 0 Å². The van der Waals surface area contributed by atoms with Crippen molar-refractivity contribution in [3.05, 3.63) is 35.4 Å². The summed E-state index contributed by atoms with van der Waals surface area (Å²) in [6.45, 7) is 0. The number of carbonyl (C=O) groups excluding carboxylic acids is 2. The fraction of sp³-hybridized carbons (Fsp3) is 0. The SMILES string of the molecule is NN.O=C1NC(=O)c2ccccc21. The van der Waals surface area contributed by atoms with E-state index in [4.69, 9.17) is 0 Å². The average molecular weight is 179 g/mol. The van der Waals surface area contributed by atoms with Crippen LogP contribution in [-0.2, 0) is 0 Å². The van der Waals surface area contributed by atoms with Crippen LogP contribution in [0.15, 0.2) is 24.3 Å². The Bertz CT molecular complexity index is 316. The van der Waals surface area contributed by atoms with Crippen molar-refractivity contribution in [1.29, 1.82) is 0 Å². The van der Waals surface area contributed by atoms with Gasteiger partial charge in [-0.25, -0.2) is 0 Å². The minimum absolute atomic E-state index is 0.300. The number of benzene rings is 1. The van der Waals surface area contributed by atoms with Gasteiger partial charge in [0.2, 0.25) is 0 Å². The minimum atomic E-state index is -0.300. The summed E-state index contributed by atoms with van der Waals surface area (Å²) < 4.78 is 0. The molecule has 2 amide bonds. The van der Waals surface area contributed by atoms with Crippen LogP contribution in [-0.4, -0.2) is 11.8 Å². The van der Waals surface area contributed by atoms with Gasteiger partial charge in [-0.3, -0.25) is 26.6 Å². The number of hydrogen-bond donors (Lipinski definition) is 3. The predicted molar refractivity (Wildman–Crippen MR) is 46.6 cm³/mol. The summed E-state index contributed by atoms with van der Waals surface area (Å²) in [6.07, 6.45) is 0. The molecule has 1 aromatic carbocycles. The van der Waals surface area contributed by atoms with Gasteiger partial charge in [-0.05, 0) is 12.1 Å². The van der Waals surface area contributed by atoms with Gasteiger partial charge in [-0.1, -0.05) is 12.1 Å². The number of fused-ring (bicyclic) bond motifs is 1. The van der Waals surface area contributed by atoms with E-state index in [0.29, 0.717) is 11.1 Å². The van der Waals surface area contributed by atoms with E-state index < -0.39 is 0 Å². The normalized spacial score (nSPS) is 12.8. The lowest BCUT2D eigenvalue weighted by molar-refractivity contribution is 0.0879. The molecule has 5 heteroatoms. The molecule has 1 aliphatic heterocycles. The van der Waals surface area contributed by atoms with Crippen LogP contribution in [0.5, 0.6) is 0 Å². The molecule has 0 radical (unpaired) electrons. The first-order valence-corrected chi connectivity index (χ1v) is 3.57. The zero-order valence-electron chi connectivity index (χ0n) is 6.78. The number of hydrazine groups is 1. The topological polar surface area (TPSA) is 98.2 Å². The van der Waals surface area contributed by atoms with Crippen molar-refractivity contribution in [1.82, 2.24) is 5.32 Å². The summed E-state index contributed by atoms with van der Waals surface area (Å²) in [5, 5.41) is 2.20. The first kappa shape index (κ1) is 9.37. The second-order valence-electron chi connectivity index (χ2n) is 2.33. The Hall–Kier alpha value is -1.72. The van der Waals surface area contributed by atoms with Gasteiger partial charge in [0.25, 0.3) is 11.8 Å². The molecule has 0 bridgehead atoms. The molecule has 0 fully saturated rings. The highest BCUT2D eigenvalue weighted by Crippen LogP contribution is 2.13. The maximum atomic E-state index is 10.9. The van der Waals surface area contributed by atoms with Crippen molar-refractivity contribution in [2.45, 2.75) is 0 Å². The van der Waals surface area contributed by atoms with E-state index in [1.54, 1.807) is 24.3 Å². The van der Waals surface area contributed by atoms with E-state index in [-0.39, 0.29) is 11.8 Å². The zero-order valence-corrected chi connectivity index (χ0v) is 6.78. The minimum Gasteiger partial charge on any atom is -0.288 e. The molecule has 0 aromatic heterocycles. The van der Waals surface area contributed by atoms with Crippen molar-refractivity contribution >= 4 is 11.8 Å². The first-order valence-electron chi connectivity index (χ1n) is 3.57. The van der Waals surface area contributed by atoms with Crippen LogP contribution in [0.1, 0.15) is 20.7 Å². The molecule has 5 N–H and O–H groups in total. The average Bonchev–Trinajstić information content (AvgIpc) is 2.47. The number of rotatable bonds is 0. The Balaban J connectivity index is 0.000000396. The Morgan fingerprint density at radius 1 is 0.923 bits per heavy atom. The van der Waals surface area contributed by atoms with E-state index >= 15 is 0 Å². The van der Waals surface area contributed by atoms with Gasteiger partial charge < -0.3 is 0 Å². The summed E-state index contributed by atoms with van der Waals surface area (Å²) in [6, 6.07) is 6.74. The van der Waals surface area contributed by atoms with Gasteiger partial charge in [0.05, 0.1) is 11.1 Å². The number of imide groups is 1. The number of carbonyl (C=O) groups is 2. The summed E-state index contributed by atoms with van der Waals surface area (Å²) in [7, 11) is 0. The molecule has 2 rings (SSSR count). The summed E-state index contributed by atoms with van der Waals surface area (Å²) in [5.41, 5.74) is 0.940.